The van der Waals surface area contributed by atoms with Crippen LogP contribution in [0.4, 0.5) is 10.5 Å². The topological polar surface area (TPSA) is 114 Å². The van der Waals surface area contributed by atoms with Gasteiger partial charge >= 0.3 is 6.03 Å². The van der Waals surface area contributed by atoms with Gasteiger partial charge < -0.3 is 19.3 Å². The molecular weight excluding hydrogens is 540 g/mol. The molecule has 2 heterocycles. The molecule has 9 nitrogen and oxygen atoms in total. The number of amides is 4. The molecule has 4 amide bonds. The summed E-state index contributed by atoms with van der Waals surface area (Å²) in [6.45, 7) is 2.08. The highest BCUT2D eigenvalue weighted by Crippen LogP contribution is 2.43. The van der Waals surface area contributed by atoms with Crippen molar-refractivity contribution in [3.63, 3.8) is 0 Å². The number of urea groups is 1. The Morgan fingerprint density at radius 1 is 1.16 bits per heavy atom. The van der Waals surface area contributed by atoms with Gasteiger partial charge in [0, 0.05) is 10.5 Å². The molecule has 31 heavy (non-hydrogen) atoms. The molecule has 1 saturated heterocycles. The van der Waals surface area contributed by atoms with Crippen molar-refractivity contribution in [1.82, 2.24) is 5.32 Å². The Morgan fingerprint density at radius 2 is 1.90 bits per heavy atom. The lowest BCUT2D eigenvalue weighted by Gasteiger charge is -2.26. The van der Waals surface area contributed by atoms with Gasteiger partial charge in [-0.3, -0.25) is 14.9 Å². The minimum Gasteiger partial charge on any atom is -0.503 e. The number of fused-ring (bicyclic) bond motifs is 1. The zero-order chi connectivity index (χ0) is 22.3. The summed E-state index contributed by atoms with van der Waals surface area (Å²) >= 11 is 6.58. The number of nitrogens with one attached hydrogen (secondary N) is 1. The zero-order valence-electron chi connectivity index (χ0n) is 15.9. The van der Waals surface area contributed by atoms with Crippen molar-refractivity contribution in [1.29, 1.82) is 0 Å². The van der Waals surface area contributed by atoms with Gasteiger partial charge in [0.25, 0.3) is 11.8 Å². The zero-order valence-corrected chi connectivity index (χ0v) is 19.1. The van der Waals surface area contributed by atoms with Crippen LogP contribution < -0.4 is 24.4 Å². The van der Waals surface area contributed by atoms with E-state index in [0.717, 1.165) is 4.90 Å². The third-order valence-corrected chi connectivity index (χ3v) is 6.65. The molecule has 2 aromatic rings. The number of aromatic hydroxyl groups is 1. The number of ether oxygens (including phenoxy) is 3. The van der Waals surface area contributed by atoms with Gasteiger partial charge in [0.1, 0.15) is 5.57 Å². The van der Waals surface area contributed by atoms with E-state index >= 15 is 0 Å². The number of halogens is 2. The molecule has 0 aliphatic carbocycles. The van der Waals surface area contributed by atoms with Crippen LogP contribution in [-0.2, 0) is 9.59 Å². The van der Waals surface area contributed by atoms with Crippen molar-refractivity contribution < 1.29 is 33.7 Å². The Kier molecular flexibility index (Phi) is 5.63. The summed E-state index contributed by atoms with van der Waals surface area (Å²) in [4.78, 5) is 38.8. The van der Waals surface area contributed by atoms with Crippen molar-refractivity contribution in [3.8, 4) is 23.0 Å². The maximum atomic E-state index is 13.1. The Morgan fingerprint density at radius 3 is 2.65 bits per heavy atom. The predicted octanol–water partition coefficient (Wildman–Crippen LogP) is 3.71. The van der Waals surface area contributed by atoms with Crippen LogP contribution in [0.5, 0.6) is 23.0 Å². The largest absolute Gasteiger partial charge is 0.503 e. The van der Waals surface area contributed by atoms with Crippen molar-refractivity contribution in [2.75, 3.05) is 18.3 Å². The average Bonchev–Trinajstić information content (AvgIpc) is 3.20. The molecule has 0 bridgehead atoms. The number of barbiturate groups is 1. The Labute approximate surface area is 192 Å². The molecule has 0 spiro atoms. The molecule has 11 heteroatoms. The fourth-order valence-electron chi connectivity index (χ4n) is 3.05. The summed E-state index contributed by atoms with van der Waals surface area (Å²) in [7, 11) is 0. The number of hydrogen-bond donors (Lipinski definition) is 2. The van der Waals surface area contributed by atoms with E-state index in [-0.39, 0.29) is 34.0 Å². The highest BCUT2D eigenvalue weighted by Gasteiger charge is 2.37. The van der Waals surface area contributed by atoms with E-state index < -0.39 is 17.8 Å². The summed E-state index contributed by atoms with van der Waals surface area (Å²) in [5.41, 5.74) is 0.315. The molecule has 1 fully saturated rings. The lowest BCUT2D eigenvalue weighted by molar-refractivity contribution is -0.122. The van der Waals surface area contributed by atoms with Gasteiger partial charge in [-0.25, -0.2) is 9.69 Å². The van der Waals surface area contributed by atoms with E-state index in [9.17, 15) is 19.5 Å². The van der Waals surface area contributed by atoms with Crippen LogP contribution in [0.2, 0.25) is 0 Å². The number of benzene rings is 2. The highest BCUT2D eigenvalue weighted by molar-refractivity contribution is 9.13. The summed E-state index contributed by atoms with van der Waals surface area (Å²) in [6.07, 6.45) is 1.31. The van der Waals surface area contributed by atoms with Gasteiger partial charge in [-0.15, -0.1) is 0 Å². The van der Waals surface area contributed by atoms with Crippen LogP contribution in [0.25, 0.3) is 6.08 Å². The second-order valence-electron chi connectivity index (χ2n) is 6.37. The number of phenolic OH excluding ortho intramolecular Hbond substituents is 1. The maximum Gasteiger partial charge on any atom is 0.335 e. The molecule has 160 valence electrons. The Bertz CT molecular complexity index is 1160. The summed E-state index contributed by atoms with van der Waals surface area (Å²) < 4.78 is 16.6. The van der Waals surface area contributed by atoms with Crippen LogP contribution in [0.3, 0.4) is 0 Å². The Hall–Kier alpha value is -3.05. The van der Waals surface area contributed by atoms with Crippen molar-refractivity contribution in [2.24, 2.45) is 0 Å². The number of carbonyl (C=O) groups excluding carboxylic acids is 3. The molecule has 0 atom stereocenters. The van der Waals surface area contributed by atoms with E-state index in [4.69, 9.17) is 14.2 Å². The molecule has 2 N–H and O–H groups in total. The Balaban J connectivity index is 1.77. The monoisotopic (exact) mass is 552 g/mol. The molecule has 2 aromatic carbocycles. The number of phenols is 1. The highest BCUT2D eigenvalue weighted by atomic mass is 79.9. The third-order valence-electron chi connectivity index (χ3n) is 4.49. The van der Waals surface area contributed by atoms with Gasteiger partial charge in [0.05, 0.1) is 16.8 Å². The molecule has 0 unspecified atom stereocenters. The summed E-state index contributed by atoms with van der Waals surface area (Å²) in [5, 5.41) is 12.4. The third kappa shape index (κ3) is 3.74. The van der Waals surface area contributed by atoms with E-state index in [2.05, 4.69) is 37.2 Å². The number of nitrogens with zero attached hydrogens (tertiary/aromatic N) is 1. The van der Waals surface area contributed by atoms with E-state index in [0.29, 0.717) is 28.1 Å². The second kappa shape index (κ2) is 8.23. The minimum atomic E-state index is -0.882. The number of anilines is 1. The fraction of sp³-hybridized carbons (Fsp3) is 0.150. The molecular formula is C20H14Br2N2O7. The van der Waals surface area contributed by atoms with Crippen LogP contribution >= 0.6 is 31.9 Å². The van der Waals surface area contributed by atoms with Gasteiger partial charge in [0.2, 0.25) is 6.79 Å². The summed E-state index contributed by atoms with van der Waals surface area (Å²) in [6, 6.07) is 5.15. The van der Waals surface area contributed by atoms with Crippen molar-refractivity contribution in [3.05, 3.63) is 44.3 Å². The van der Waals surface area contributed by atoms with Crippen molar-refractivity contribution >= 4 is 61.5 Å². The molecule has 0 saturated carbocycles. The molecule has 4 rings (SSSR count). The lowest BCUT2D eigenvalue weighted by Crippen LogP contribution is -2.54. The van der Waals surface area contributed by atoms with Crippen LogP contribution in [-0.4, -0.2) is 36.4 Å². The standard InChI is InChI=1S/C20H14Br2N2O7/c1-2-29-14-6-9(15(21)16(22)17(14)25)5-11-18(26)23-20(28)24(19(11)27)10-3-4-12-13(7-10)31-8-30-12/h3-7,25H,2,8H2,1H3,(H,23,26,28)/b11-5+. The number of rotatable bonds is 4. The number of hydrogen-bond acceptors (Lipinski definition) is 7. The fourth-order valence-corrected chi connectivity index (χ4v) is 3.90. The quantitative estimate of drug-likeness (QED) is 0.438. The normalized spacial score (nSPS) is 16.7. The minimum absolute atomic E-state index is 0.0362. The second-order valence-corrected chi connectivity index (χ2v) is 7.95. The summed E-state index contributed by atoms with van der Waals surface area (Å²) in [5.74, 6) is -0.763. The molecule has 0 radical (unpaired) electrons. The van der Waals surface area contributed by atoms with Gasteiger partial charge in [-0.05, 0) is 68.6 Å². The molecule has 2 aliphatic heterocycles. The predicted molar refractivity (Wildman–Crippen MR) is 116 cm³/mol. The average molecular weight is 554 g/mol. The SMILES string of the molecule is CCOc1cc(/C=C2\C(=O)NC(=O)N(c3ccc4c(c3)OCO4)C2=O)c(Br)c(Br)c1O. The first kappa shape index (κ1) is 21.2. The number of carbonyl (C=O) groups is 3. The van der Waals surface area contributed by atoms with Gasteiger partial charge in [0.15, 0.2) is 23.0 Å². The van der Waals surface area contributed by atoms with Crippen LogP contribution in [0.1, 0.15) is 12.5 Å². The maximum absolute atomic E-state index is 13.1. The van der Waals surface area contributed by atoms with E-state index in [1.54, 1.807) is 13.0 Å². The van der Waals surface area contributed by atoms with Crippen molar-refractivity contribution in [2.45, 2.75) is 6.92 Å². The molecule has 2 aliphatic rings. The van der Waals surface area contributed by atoms with E-state index in [1.165, 1.54) is 24.3 Å². The number of imide groups is 2. The first-order valence-electron chi connectivity index (χ1n) is 8.96. The first-order chi connectivity index (χ1) is 14.8. The van der Waals surface area contributed by atoms with Gasteiger partial charge in [-0.2, -0.15) is 0 Å². The van der Waals surface area contributed by atoms with Crippen LogP contribution in [0.15, 0.2) is 38.8 Å². The van der Waals surface area contributed by atoms with E-state index in [1.807, 2.05) is 0 Å². The smallest absolute Gasteiger partial charge is 0.335 e. The van der Waals surface area contributed by atoms with Crippen LogP contribution in [0, 0.1) is 0 Å². The lowest BCUT2D eigenvalue weighted by atomic mass is 10.1. The molecule has 0 aromatic heterocycles. The van der Waals surface area contributed by atoms with Gasteiger partial charge in [-0.1, -0.05) is 0 Å². The first-order valence-corrected chi connectivity index (χ1v) is 10.5.